The minimum atomic E-state index is -1.07. The second kappa shape index (κ2) is 9.48. The summed E-state index contributed by atoms with van der Waals surface area (Å²) in [6, 6.07) is 9.77. The molecule has 202 valence electrons. The zero-order valence-electron chi connectivity index (χ0n) is 21.8. The number of carbonyl (C=O) groups is 1. The number of aromatic nitrogens is 3. The largest absolute Gasteiger partial charge is 0.388 e. The SMILES string of the molecule is C[C@@H]1CN[C@@H](c2ccc(-n3c(Cl)cc4c(=O)n(CC5(O)CCN(C(=O)C6(C)CC6)CC5)cnc43)cc2)CO1. The van der Waals surface area contributed by atoms with Gasteiger partial charge in [0.25, 0.3) is 5.56 Å². The molecular weight excluding hydrogens is 506 g/mol. The number of carbonyl (C=O) groups excluding carboxylic acids is 1. The number of halogens is 1. The lowest BCUT2D eigenvalue weighted by Gasteiger charge is -2.39. The number of amides is 1. The van der Waals surface area contributed by atoms with Crippen molar-refractivity contribution in [3.05, 3.63) is 57.7 Å². The third-order valence-electron chi connectivity index (χ3n) is 8.46. The van der Waals surface area contributed by atoms with Gasteiger partial charge in [-0.2, -0.15) is 0 Å². The van der Waals surface area contributed by atoms with E-state index in [-0.39, 0.29) is 35.6 Å². The van der Waals surface area contributed by atoms with Crippen molar-refractivity contribution in [3.63, 3.8) is 0 Å². The number of nitrogens with one attached hydrogen (secondary N) is 1. The number of morpholine rings is 1. The minimum Gasteiger partial charge on any atom is -0.388 e. The summed E-state index contributed by atoms with van der Waals surface area (Å²) in [5.74, 6) is 0.182. The molecule has 0 radical (unpaired) electrons. The lowest BCUT2D eigenvalue weighted by molar-refractivity contribution is -0.141. The molecular formula is C28H34ClN5O4. The molecule has 2 N–H and O–H groups in total. The average Bonchev–Trinajstić information content (AvgIpc) is 3.57. The van der Waals surface area contributed by atoms with Crippen molar-refractivity contribution in [2.24, 2.45) is 5.41 Å². The second-order valence-electron chi connectivity index (χ2n) is 11.5. The van der Waals surface area contributed by atoms with Gasteiger partial charge in [0.2, 0.25) is 5.91 Å². The fourth-order valence-electron chi connectivity index (χ4n) is 5.58. The first-order chi connectivity index (χ1) is 18.2. The first-order valence-electron chi connectivity index (χ1n) is 13.4. The Balaban J connectivity index is 1.20. The van der Waals surface area contributed by atoms with Gasteiger partial charge in [-0.1, -0.05) is 30.7 Å². The summed E-state index contributed by atoms with van der Waals surface area (Å²) in [4.78, 5) is 32.5. The number of ether oxygens (including phenoxy) is 1. The van der Waals surface area contributed by atoms with E-state index in [0.29, 0.717) is 48.7 Å². The van der Waals surface area contributed by atoms with Crippen LogP contribution in [-0.2, 0) is 16.1 Å². The van der Waals surface area contributed by atoms with Crippen molar-refractivity contribution in [2.75, 3.05) is 26.2 Å². The number of benzene rings is 1. The van der Waals surface area contributed by atoms with Gasteiger partial charge in [-0.3, -0.25) is 18.7 Å². The Bertz CT molecular complexity index is 1410. The molecule has 2 saturated heterocycles. The molecule has 10 heteroatoms. The standard InChI is InChI=1S/C28H34ClN5O4/c1-18-14-30-22(15-38-18)19-3-5-20(6-4-19)34-23(29)13-21-24(34)31-17-33(25(21)35)16-28(37)9-11-32(12-10-28)26(36)27(2)7-8-27/h3-6,13,17-18,22,30,37H,7-12,14-16H2,1-2H3/t18-,22-/m1/s1. The van der Waals surface area contributed by atoms with E-state index in [4.69, 9.17) is 16.3 Å². The highest BCUT2D eigenvalue weighted by Crippen LogP contribution is 2.47. The van der Waals surface area contributed by atoms with Gasteiger partial charge in [-0.15, -0.1) is 0 Å². The molecule has 2 atom stereocenters. The predicted octanol–water partition coefficient (Wildman–Crippen LogP) is 3.04. The first kappa shape index (κ1) is 25.6. The lowest BCUT2D eigenvalue weighted by Crippen LogP contribution is -2.51. The molecule has 6 rings (SSSR count). The number of piperidine rings is 1. The molecule has 1 aliphatic carbocycles. The van der Waals surface area contributed by atoms with E-state index in [1.54, 1.807) is 10.6 Å². The van der Waals surface area contributed by atoms with Crippen molar-refractivity contribution < 1.29 is 14.6 Å². The molecule has 3 fully saturated rings. The third-order valence-corrected chi connectivity index (χ3v) is 8.73. The van der Waals surface area contributed by atoms with Gasteiger partial charge in [0.15, 0.2) is 5.65 Å². The van der Waals surface area contributed by atoms with Crippen LogP contribution < -0.4 is 10.9 Å². The molecule has 2 aliphatic heterocycles. The smallest absolute Gasteiger partial charge is 0.262 e. The van der Waals surface area contributed by atoms with Crippen LogP contribution in [0, 0.1) is 5.41 Å². The van der Waals surface area contributed by atoms with Crippen LogP contribution in [0.5, 0.6) is 0 Å². The Labute approximate surface area is 226 Å². The number of aliphatic hydroxyl groups is 1. The molecule has 9 nitrogen and oxygen atoms in total. The quantitative estimate of drug-likeness (QED) is 0.517. The summed E-state index contributed by atoms with van der Waals surface area (Å²) < 4.78 is 8.99. The fourth-order valence-corrected chi connectivity index (χ4v) is 5.87. The normalized spacial score (nSPS) is 24.5. The van der Waals surface area contributed by atoms with Crippen LogP contribution in [0.3, 0.4) is 0 Å². The molecule has 0 bridgehead atoms. The predicted molar refractivity (Wildman–Crippen MR) is 145 cm³/mol. The molecule has 2 aromatic heterocycles. The summed E-state index contributed by atoms with van der Waals surface area (Å²) in [6.07, 6.45) is 4.41. The van der Waals surface area contributed by atoms with Crippen LogP contribution in [0.1, 0.15) is 51.1 Å². The van der Waals surface area contributed by atoms with E-state index >= 15 is 0 Å². The van der Waals surface area contributed by atoms with Crippen LogP contribution >= 0.6 is 11.6 Å². The van der Waals surface area contributed by atoms with Gasteiger partial charge in [0, 0.05) is 30.7 Å². The third kappa shape index (κ3) is 4.66. The molecule has 0 spiro atoms. The molecule has 1 saturated carbocycles. The lowest BCUT2D eigenvalue weighted by atomic mass is 9.90. The summed E-state index contributed by atoms with van der Waals surface area (Å²) in [7, 11) is 0. The molecule has 3 aromatic rings. The van der Waals surface area contributed by atoms with Gasteiger partial charge in [0.1, 0.15) is 11.5 Å². The minimum absolute atomic E-state index is 0.126. The molecule has 1 amide bonds. The number of nitrogens with zero attached hydrogens (tertiary/aromatic N) is 4. The van der Waals surface area contributed by atoms with E-state index in [2.05, 4.69) is 10.3 Å². The first-order valence-corrected chi connectivity index (χ1v) is 13.8. The number of rotatable bonds is 5. The second-order valence-corrected chi connectivity index (χ2v) is 11.9. The molecule has 3 aliphatic rings. The Kier molecular flexibility index (Phi) is 6.38. The highest BCUT2D eigenvalue weighted by Gasteiger charge is 2.48. The highest BCUT2D eigenvalue weighted by molar-refractivity contribution is 6.31. The fraction of sp³-hybridized carbons (Fsp3) is 0.536. The number of hydrogen-bond acceptors (Lipinski definition) is 6. The summed E-state index contributed by atoms with van der Waals surface area (Å²) >= 11 is 6.59. The Morgan fingerprint density at radius 2 is 1.92 bits per heavy atom. The van der Waals surface area contributed by atoms with Crippen LogP contribution in [0.15, 0.2) is 41.5 Å². The number of likely N-dealkylation sites (tertiary alicyclic amines) is 1. The highest BCUT2D eigenvalue weighted by atomic mass is 35.5. The maximum atomic E-state index is 13.4. The summed E-state index contributed by atoms with van der Waals surface area (Å²) in [6.45, 7) is 6.60. The van der Waals surface area contributed by atoms with Crippen LogP contribution in [0.4, 0.5) is 0 Å². The molecule has 0 unspecified atom stereocenters. The van der Waals surface area contributed by atoms with Gasteiger partial charge in [-0.05, 0) is 56.4 Å². The van der Waals surface area contributed by atoms with E-state index in [0.717, 1.165) is 30.6 Å². The Morgan fingerprint density at radius 3 is 2.55 bits per heavy atom. The van der Waals surface area contributed by atoms with Crippen molar-refractivity contribution in [2.45, 2.75) is 63.8 Å². The van der Waals surface area contributed by atoms with Gasteiger partial charge < -0.3 is 20.1 Å². The van der Waals surface area contributed by atoms with E-state index in [9.17, 15) is 14.7 Å². The van der Waals surface area contributed by atoms with Crippen molar-refractivity contribution in [1.82, 2.24) is 24.3 Å². The van der Waals surface area contributed by atoms with Crippen LogP contribution in [0.2, 0.25) is 5.15 Å². The van der Waals surface area contributed by atoms with Gasteiger partial charge in [-0.25, -0.2) is 4.98 Å². The summed E-state index contributed by atoms with van der Waals surface area (Å²) in [5.41, 5.74) is 0.870. The average molecular weight is 540 g/mol. The monoisotopic (exact) mass is 539 g/mol. The Morgan fingerprint density at radius 1 is 1.21 bits per heavy atom. The molecule has 38 heavy (non-hydrogen) atoms. The van der Waals surface area contributed by atoms with E-state index in [1.807, 2.05) is 43.0 Å². The van der Waals surface area contributed by atoms with Crippen LogP contribution in [-0.4, -0.2) is 68.0 Å². The molecule has 4 heterocycles. The number of fused-ring (bicyclic) bond motifs is 1. The topological polar surface area (TPSA) is 102 Å². The van der Waals surface area contributed by atoms with Crippen LogP contribution in [0.25, 0.3) is 16.7 Å². The van der Waals surface area contributed by atoms with Crippen molar-refractivity contribution in [1.29, 1.82) is 0 Å². The summed E-state index contributed by atoms with van der Waals surface area (Å²) in [5, 5.41) is 15.5. The van der Waals surface area contributed by atoms with Crippen molar-refractivity contribution in [3.8, 4) is 5.69 Å². The zero-order chi connectivity index (χ0) is 26.7. The maximum absolute atomic E-state index is 13.4. The van der Waals surface area contributed by atoms with Crippen molar-refractivity contribution >= 4 is 28.5 Å². The Hall–Kier alpha value is -2.72. The van der Waals surface area contributed by atoms with Gasteiger partial charge >= 0.3 is 0 Å². The molecule has 1 aromatic carbocycles. The zero-order valence-corrected chi connectivity index (χ0v) is 22.6. The number of hydrogen-bond donors (Lipinski definition) is 2. The van der Waals surface area contributed by atoms with E-state index < -0.39 is 5.60 Å². The maximum Gasteiger partial charge on any atom is 0.262 e. The van der Waals surface area contributed by atoms with Gasteiger partial charge in [0.05, 0.1) is 36.3 Å². The van der Waals surface area contributed by atoms with E-state index in [1.165, 1.54) is 10.9 Å².